The first-order valence-electron chi connectivity index (χ1n) is 8.69. The summed E-state index contributed by atoms with van der Waals surface area (Å²) in [5.74, 6) is 0. The van der Waals surface area contributed by atoms with Crippen LogP contribution >= 0.6 is 11.6 Å². The Bertz CT molecular complexity index is 454. The van der Waals surface area contributed by atoms with E-state index in [-0.39, 0.29) is 17.4 Å². The summed E-state index contributed by atoms with van der Waals surface area (Å²) in [7, 11) is 2.23. The van der Waals surface area contributed by atoms with Gasteiger partial charge in [0.25, 0.3) is 0 Å². The summed E-state index contributed by atoms with van der Waals surface area (Å²) in [6.07, 6.45) is 5.87. The molecule has 1 fully saturated rings. The second-order valence-electron chi connectivity index (χ2n) is 8.04. The first kappa shape index (κ1) is 18.7. The van der Waals surface area contributed by atoms with Gasteiger partial charge in [-0.15, -0.1) is 0 Å². The number of nitrogens with zero attached hydrogens (tertiary/aromatic N) is 4. The summed E-state index contributed by atoms with van der Waals surface area (Å²) in [4.78, 5) is 13.2. The quantitative estimate of drug-likeness (QED) is 0.780. The largest absolute Gasteiger partial charge is 0.312 e. The summed E-state index contributed by atoms with van der Waals surface area (Å²) in [5, 5.41) is 4.25. The Kier molecular flexibility index (Phi) is 5.75. The Morgan fingerprint density at radius 1 is 1.26 bits per heavy atom. The molecule has 0 aromatic carbocycles. The molecule has 1 unspecified atom stereocenters. The number of rotatable bonds is 5. The number of hydrogen-bond donors (Lipinski definition) is 1. The van der Waals surface area contributed by atoms with Gasteiger partial charge in [-0.05, 0) is 65.6 Å². The van der Waals surface area contributed by atoms with Crippen LogP contribution in [0, 0.1) is 0 Å². The van der Waals surface area contributed by atoms with Gasteiger partial charge in [-0.2, -0.15) is 0 Å². The van der Waals surface area contributed by atoms with Gasteiger partial charge in [0.2, 0.25) is 5.29 Å². The summed E-state index contributed by atoms with van der Waals surface area (Å²) in [6.45, 7) is 12.3. The van der Waals surface area contributed by atoms with Crippen LogP contribution in [0.15, 0.2) is 9.98 Å². The van der Waals surface area contributed by atoms with Crippen LogP contribution in [0.3, 0.4) is 0 Å². The number of nitrogens with one attached hydrogen (secondary N) is 1. The molecule has 0 bridgehead atoms. The van der Waals surface area contributed by atoms with Crippen molar-refractivity contribution in [1.82, 2.24) is 15.1 Å². The highest BCUT2D eigenvalue weighted by atomic mass is 35.5. The number of unbranched alkanes of at least 4 members (excludes halogenated alkanes) is 1. The average molecular weight is 342 g/mol. The van der Waals surface area contributed by atoms with Crippen molar-refractivity contribution in [3.05, 3.63) is 0 Å². The molecule has 2 aliphatic heterocycles. The molecule has 0 radical (unpaired) electrons. The van der Waals surface area contributed by atoms with Crippen molar-refractivity contribution in [1.29, 1.82) is 0 Å². The minimum absolute atomic E-state index is 0.105. The molecule has 0 aliphatic carbocycles. The van der Waals surface area contributed by atoms with Gasteiger partial charge >= 0.3 is 0 Å². The van der Waals surface area contributed by atoms with E-state index in [1.54, 1.807) is 6.34 Å². The van der Waals surface area contributed by atoms with Crippen molar-refractivity contribution < 1.29 is 0 Å². The summed E-state index contributed by atoms with van der Waals surface area (Å²) in [6, 6.07) is 0.407. The fourth-order valence-corrected chi connectivity index (χ4v) is 4.00. The summed E-state index contributed by atoms with van der Waals surface area (Å²) < 4.78 is 0. The van der Waals surface area contributed by atoms with E-state index >= 15 is 0 Å². The van der Waals surface area contributed by atoms with Crippen molar-refractivity contribution in [2.75, 3.05) is 13.6 Å². The molecule has 132 valence electrons. The fourth-order valence-electron chi connectivity index (χ4n) is 3.78. The molecule has 0 aromatic rings. The molecule has 23 heavy (non-hydrogen) atoms. The Morgan fingerprint density at radius 2 is 1.87 bits per heavy atom. The standard InChI is InChI=1S/C17H32ClN5/c1-7-8-9-23-14(18)19-12-20-15(23)21-13-10-16(2,3)22(6)17(4,5)11-13/h12-13,15,21H,7-11H2,1-6H3. The highest BCUT2D eigenvalue weighted by Gasteiger charge is 2.43. The van der Waals surface area contributed by atoms with Crippen molar-refractivity contribution in [2.45, 2.75) is 83.7 Å². The number of hydrogen-bond acceptors (Lipinski definition) is 5. The minimum Gasteiger partial charge on any atom is -0.312 e. The molecule has 1 N–H and O–H groups in total. The molecule has 2 rings (SSSR count). The first-order valence-corrected chi connectivity index (χ1v) is 9.07. The lowest BCUT2D eigenvalue weighted by atomic mass is 9.77. The van der Waals surface area contributed by atoms with Crippen molar-refractivity contribution in [3.8, 4) is 0 Å². The van der Waals surface area contributed by atoms with Crippen LogP contribution in [0.1, 0.15) is 60.3 Å². The molecule has 0 aromatic heterocycles. The van der Waals surface area contributed by atoms with E-state index in [0.29, 0.717) is 11.3 Å². The highest BCUT2D eigenvalue weighted by molar-refractivity contribution is 6.65. The zero-order valence-electron chi connectivity index (χ0n) is 15.4. The maximum Gasteiger partial charge on any atom is 0.202 e. The molecule has 2 aliphatic rings. The van der Waals surface area contributed by atoms with E-state index in [9.17, 15) is 0 Å². The maximum atomic E-state index is 6.30. The van der Waals surface area contributed by atoms with Gasteiger partial charge in [0.1, 0.15) is 6.34 Å². The number of piperidine rings is 1. The van der Waals surface area contributed by atoms with Crippen LogP contribution in [0.5, 0.6) is 0 Å². The SMILES string of the molecule is CCCCN1C(Cl)=NC=NC1NC1CC(C)(C)N(C)C(C)(C)C1. The highest BCUT2D eigenvalue weighted by Crippen LogP contribution is 2.37. The third-order valence-corrected chi connectivity index (χ3v) is 5.66. The lowest BCUT2D eigenvalue weighted by Gasteiger charge is -2.54. The van der Waals surface area contributed by atoms with Crippen LogP contribution in [-0.2, 0) is 0 Å². The van der Waals surface area contributed by atoms with Gasteiger partial charge in [-0.1, -0.05) is 13.3 Å². The number of likely N-dealkylation sites (tertiary alicyclic amines) is 1. The van der Waals surface area contributed by atoms with Crippen LogP contribution < -0.4 is 5.32 Å². The smallest absolute Gasteiger partial charge is 0.202 e. The monoisotopic (exact) mass is 341 g/mol. The molecule has 5 nitrogen and oxygen atoms in total. The van der Waals surface area contributed by atoms with Crippen LogP contribution in [-0.4, -0.2) is 58.4 Å². The minimum atomic E-state index is -0.105. The van der Waals surface area contributed by atoms with E-state index in [2.05, 4.69) is 66.8 Å². The summed E-state index contributed by atoms with van der Waals surface area (Å²) in [5.41, 5.74) is 0.313. The Labute approximate surface area is 146 Å². The molecule has 0 saturated carbocycles. The van der Waals surface area contributed by atoms with Gasteiger partial charge in [0.15, 0.2) is 6.29 Å². The molecule has 2 heterocycles. The number of amidine groups is 1. The van der Waals surface area contributed by atoms with Crippen LogP contribution in [0.2, 0.25) is 0 Å². The summed E-state index contributed by atoms with van der Waals surface area (Å²) >= 11 is 6.30. The van der Waals surface area contributed by atoms with Gasteiger partial charge in [-0.3, -0.25) is 10.2 Å². The third-order valence-electron chi connectivity index (χ3n) is 5.35. The zero-order valence-corrected chi connectivity index (χ0v) is 16.2. The van der Waals surface area contributed by atoms with E-state index in [1.165, 1.54) is 0 Å². The van der Waals surface area contributed by atoms with Crippen molar-refractivity contribution >= 4 is 23.2 Å². The maximum absolute atomic E-state index is 6.30. The van der Waals surface area contributed by atoms with Gasteiger partial charge in [0, 0.05) is 23.7 Å². The third kappa shape index (κ3) is 4.25. The molecular formula is C17H32ClN5. The predicted octanol–water partition coefficient (Wildman–Crippen LogP) is 3.25. The fraction of sp³-hybridized carbons (Fsp3) is 0.882. The normalized spacial score (nSPS) is 28.0. The van der Waals surface area contributed by atoms with Crippen LogP contribution in [0.4, 0.5) is 0 Å². The second-order valence-corrected chi connectivity index (χ2v) is 8.38. The average Bonchev–Trinajstić information content (AvgIpc) is 2.43. The lowest BCUT2D eigenvalue weighted by Crippen LogP contribution is -2.64. The Morgan fingerprint density at radius 3 is 2.43 bits per heavy atom. The molecular weight excluding hydrogens is 310 g/mol. The lowest BCUT2D eigenvalue weighted by molar-refractivity contribution is -0.0229. The van der Waals surface area contributed by atoms with E-state index in [4.69, 9.17) is 11.6 Å². The van der Waals surface area contributed by atoms with Crippen LogP contribution in [0.25, 0.3) is 0 Å². The van der Waals surface area contributed by atoms with E-state index in [1.807, 2.05) is 0 Å². The Hall–Kier alpha value is -0.650. The number of halogens is 1. The number of aliphatic imine (C=N–C) groups is 2. The van der Waals surface area contributed by atoms with E-state index in [0.717, 1.165) is 32.2 Å². The second kappa shape index (κ2) is 7.08. The van der Waals surface area contributed by atoms with Gasteiger partial charge in [0.05, 0.1) is 0 Å². The molecule has 0 spiro atoms. The van der Waals surface area contributed by atoms with Crippen molar-refractivity contribution in [3.63, 3.8) is 0 Å². The molecule has 1 saturated heterocycles. The molecule has 0 amide bonds. The van der Waals surface area contributed by atoms with E-state index < -0.39 is 0 Å². The predicted molar refractivity (Wildman–Crippen MR) is 99.3 cm³/mol. The molecule has 6 heteroatoms. The molecule has 1 atom stereocenters. The first-order chi connectivity index (χ1) is 10.7. The zero-order chi connectivity index (χ0) is 17.3. The van der Waals surface area contributed by atoms with Gasteiger partial charge in [-0.25, -0.2) is 9.98 Å². The van der Waals surface area contributed by atoms with Gasteiger partial charge < -0.3 is 4.90 Å². The topological polar surface area (TPSA) is 43.2 Å². The Balaban J connectivity index is 2.08. The van der Waals surface area contributed by atoms with Crippen molar-refractivity contribution in [2.24, 2.45) is 9.98 Å².